The molecule has 3 heterocycles. The van der Waals surface area contributed by atoms with Crippen LogP contribution in [0.5, 0.6) is 5.75 Å². The molecule has 0 spiro atoms. The summed E-state index contributed by atoms with van der Waals surface area (Å²) in [6.07, 6.45) is 3.50. The Morgan fingerprint density at radius 3 is 2.88 bits per heavy atom. The molecule has 8 nitrogen and oxygen atoms in total. The number of carbonyl (C=O) groups excluding carboxylic acids is 1. The van der Waals surface area contributed by atoms with E-state index in [2.05, 4.69) is 29.5 Å². The molecule has 160 valence electrons. The van der Waals surface area contributed by atoms with Crippen LogP contribution in [0.25, 0.3) is 10.9 Å². The van der Waals surface area contributed by atoms with Crippen LogP contribution in [0.3, 0.4) is 0 Å². The molecule has 9 heteroatoms. The first kappa shape index (κ1) is 21.2. The van der Waals surface area contributed by atoms with Crippen LogP contribution in [0.2, 0.25) is 5.02 Å². The van der Waals surface area contributed by atoms with Gasteiger partial charge in [0.25, 0.3) is 0 Å². The lowest BCUT2D eigenvalue weighted by Crippen LogP contribution is -2.27. The van der Waals surface area contributed by atoms with Crippen LogP contribution in [0.4, 0.5) is 5.82 Å². The molecule has 32 heavy (non-hydrogen) atoms. The lowest BCUT2D eigenvalue weighted by molar-refractivity contribution is -0.125. The average molecular weight is 447 g/mol. The Balaban J connectivity index is 1.81. The van der Waals surface area contributed by atoms with Crippen molar-refractivity contribution >= 4 is 34.2 Å². The Morgan fingerprint density at radius 1 is 1.38 bits per heavy atom. The SMILES string of the molecule is C=CC(=O)N1CCC(n2nc(C#Cc3cc(C#N)cc(OC)c3)c3c(N)ncc(Cl)c32)C1. The number of carbonyl (C=O) groups is 1. The number of benzene rings is 1. The number of pyridine rings is 1. The van der Waals surface area contributed by atoms with Crippen molar-refractivity contribution in [2.45, 2.75) is 12.5 Å². The molecule has 0 saturated carbocycles. The zero-order valence-electron chi connectivity index (χ0n) is 17.3. The van der Waals surface area contributed by atoms with Crippen LogP contribution in [-0.4, -0.2) is 45.8 Å². The van der Waals surface area contributed by atoms with Gasteiger partial charge in [0.1, 0.15) is 17.3 Å². The molecule has 1 unspecified atom stereocenters. The van der Waals surface area contributed by atoms with Crippen molar-refractivity contribution in [2.24, 2.45) is 0 Å². The smallest absolute Gasteiger partial charge is 0.246 e. The van der Waals surface area contributed by atoms with E-state index in [1.165, 1.54) is 19.4 Å². The van der Waals surface area contributed by atoms with Crippen molar-refractivity contribution in [1.82, 2.24) is 19.7 Å². The lowest BCUT2D eigenvalue weighted by atomic mass is 10.1. The summed E-state index contributed by atoms with van der Waals surface area (Å²) in [5, 5.41) is 14.9. The van der Waals surface area contributed by atoms with E-state index >= 15 is 0 Å². The van der Waals surface area contributed by atoms with E-state index in [9.17, 15) is 10.1 Å². The number of nitrogens with two attached hydrogens (primary N) is 1. The van der Waals surface area contributed by atoms with Crippen molar-refractivity contribution in [1.29, 1.82) is 5.26 Å². The number of halogens is 1. The van der Waals surface area contributed by atoms with Crippen molar-refractivity contribution < 1.29 is 9.53 Å². The van der Waals surface area contributed by atoms with E-state index in [0.717, 1.165) is 0 Å². The average Bonchev–Trinajstić information content (AvgIpc) is 3.45. The monoisotopic (exact) mass is 446 g/mol. The Hall–Kier alpha value is -4.01. The highest BCUT2D eigenvalue weighted by molar-refractivity contribution is 6.35. The summed E-state index contributed by atoms with van der Waals surface area (Å²) >= 11 is 6.47. The molecule has 2 N–H and O–H groups in total. The van der Waals surface area contributed by atoms with E-state index in [-0.39, 0.29) is 17.8 Å². The van der Waals surface area contributed by atoms with Crippen molar-refractivity contribution in [3.63, 3.8) is 0 Å². The summed E-state index contributed by atoms with van der Waals surface area (Å²) in [4.78, 5) is 17.9. The summed E-state index contributed by atoms with van der Waals surface area (Å²) in [6, 6.07) is 7.04. The second-order valence-corrected chi connectivity index (χ2v) is 7.66. The molecule has 1 aliphatic rings. The van der Waals surface area contributed by atoms with Crippen molar-refractivity contribution in [3.8, 4) is 23.7 Å². The molecule has 0 bridgehead atoms. The molecule has 1 aliphatic heterocycles. The minimum Gasteiger partial charge on any atom is -0.497 e. The number of aromatic nitrogens is 3. The molecule has 0 radical (unpaired) electrons. The number of likely N-dealkylation sites (tertiary alicyclic amines) is 1. The first-order chi connectivity index (χ1) is 15.4. The first-order valence-corrected chi connectivity index (χ1v) is 10.2. The maximum Gasteiger partial charge on any atom is 0.246 e. The van der Waals surface area contributed by atoms with Crippen molar-refractivity contribution in [3.05, 3.63) is 58.9 Å². The molecule has 3 aromatic rings. The van der Waals surface area contributed by atoms with E-state index in [0.29, 0.717) is 58.0 Å². The van der Waals surface area contributed by atoms with Gasteiger partial charge in [0.2, 0.25) is 5.91 Å². The zero-order valence-corrected chi connectivity index (χ0v) is 18.1. The third-order valence-electron chi connectivity index (χ3n) is 5.30. The molecule has 1 saturated heterocycles. The molecule has 1 amide bonds. The Kier molecular flexibility index (Phi) is 5.72. The number of nitrogens with zero attached hydrogens (tertiary/aromatic N) is 5. The molecule has 4 rings (SSSR count). The van der Waals surface area contributed by atoms with Gasteiger partial charge in [-0.15, -0.1) is 0 Å². The predicted molar refractivity (Wildman–Crippen MR) is 121 cm³/mol. The number of anilines is 1. The summed E-state index contributed by atoms with van der Waals surface area (Å²) in [5.74, 6) is 6.74. The summed E-state index contributed by atoms with van der Waals surface area (Å²) in [6.45, 7) is 4.63. The Morgan fingerprint density at radius 2 is 2.16 bits per heavy atom. The van der Waals surface area contributed by atoms with Gasteiger partial charge in [-0.25, -0.2) is 4.98 Å². The number of nitrogen functional groups attached to an aromatic ring is 1. The van der Waals surface area contributed by atoms with Crippen LogP contribution < -0.4 is 10.5 Å². The Bertz CT molecular complexity index is 1340. The van der Waals surface area contributed by atoms with Crippen molar-refractivity contribution in [2.75, 3.05) is 25.9 Å². The van der Waals surface area contributed by atoms with Gasteiger partial charge in [0.05, 0.1) is 46.9 Å². The zero-order chi connectivity index (χ0) is 22.8. The quantitative estimate of drug-likeness (QED) is 0.489. The van der Waals surface area contributed by atoms with Crippen LogP contribution in [0.15, 0.2) is 37.1 Å². The number of hydrogen-bond acceptors (Lipinski definition) is 6. The van der Waals surface area contributed by atoms with Gasteiger partial charge in [-0.05, 0) is 36.6 Å². The van der Waals surface area contributed by atoms with Gasteiger partial charge < -0.3 is 15.4 Å². The highest BCUT2D eigenvalue weighted by Gasteiger charge is 2.29. The molecule has 0 aliphatic carbocycles. The van der Waals surface area contributed by atoms with Gasteiger partial charge in [-0.1, -0.05) is 24.1 Å². The first-order valence-electron chi connectivity index (χ1n) is 9.80. The largest absolute Gasteiger partial charge is 0.497 e. The minimum atomic E-state index is -0.123. The number of hydrogen-bond donors (Lipinski definition) is 1. The third kappa shape index (κ3) is 3.84. The number of nitriles is 1. The standard InChI is InChI=1S/C23H19ClN6O2/c1-3-20(31)29-7-6-16(13-29)30-22-18(24)12-27-23(26)21(22)19(28-30)5-4-14-8-15(11-25)10-17(9-14)32-2/h3,8-10,12,16H,1,6-7,13H2,2H3,(H2,26,27). The number of rotatable bonds is 3. The minimum absolute atomic E-state index is 0.0849. The van der Waals surface area contributed by atoms with Crippen LogP contribution in [0.1, 0.15) is 29.3 Å². The number of ether oxygens (including phenoxy) is 1. The lowest BCUT2D eigenvalue weighted by Gasteiger charge is -2.15. The van der Waals surface area contributed by atoms with Crippen LogP contribution in [0, 0.1) is 23.2 Å². The summed E-state index contributed by atoms with van der Waals surface area (Å²) in [7, 11) is 1.53. The van der Waals surface area contributed by atoms with Crippen LogP contribution in [-0.2, 0) is 4.79 Å². The molecule has 2 aromatic heterocycles. The van der Waals surface area contributed by atoms with E-state index in [4.69, 9.17) is 27.2 Å². The number of methoxy groups -OCH3 is 1. The number of fused-ring (bicyclic) bond motifs is 1. The highest BCUT2D eigenvalue weighted by Crippen LogP contribution is 2.34. The summed E-state index contributed by atoms with van der Waals surface area (Å²) in [5.41, 5.74) is 8.25. The maximum absolute atomic E-state index is 12.0. The summed E-state index contributed by atoms with van der Waals surface area (Å²) < 4.78 is 7.02. The topological polar surface area (TPSA) is 110 Å². The van der Waals surface area contributed by atoms with Gasteiger partial charge in [-0.2, -0.15) is 10.4 Å². The van der Waals surface area contributed by atoms with Gasteiger partial charge in [0.15, 0.2) is 0 Å². The Labute approximate surface area is 189 Å². The molecule has 1 atom stereocenters. The fraction of sp³-hybridized carbons (Fsp3) is 0.217. The molecular weight excluding hydrogens is 428 g/mol. The van der Waals surface area contributed by atoms with Crippen LogP contribution >= 0.6 is 11.6 Å². The second kappa shape index (κ2) is 8.62. The fourth-order valence-electron chi connectivity index (χ4n) is 3.77. The van der Waals surface area contributed by atoms with Gasteiger partial charge in [-0.3, -0.25) is 9.48 Å². The molecular formula is C23H19ClN6O2. The third-order valence-corrected chi connectivity index (χ3v) is 5.58. The van der Waals surface area contributed by atoms with Gasteiger partial charge in [0, 0.05) is 18.7 Å². The normalized spacial score (nSPS) is 15.2. The van der Waals surface area contributed by atoms with E-state index in [1.807, 2.05) is 0 Å². The van der Waals surface area contributed by atoms with Gasteiger partial charge >= 0.3 is 0 Å². The molecule has 1 fully saturated rings. The highest BCUT2D eigenvalue weighted by atomic mass is 35.5. The predicted octanol–water partition coefficient (Wildman–Crippen LogP) is 2.91. The maximum atomic E-state index is 12.0. The molecule has 1 aromatic carbocycles. The number of amides is 1. The van der Waals surface area contributed by atoms with E-state index < -0.39 is 0 Å². The second-order valence-electron chi connectivity index (χ2n) is 7.25. The van der Waals surface area contributed by atoms with E-state index in [1.54, 1.807) is 27.8 Å². The fourth-order valence-corrected chi connectivity index (χ4v) is 4.00.